The molecule has 6 nitrogen and oxygen atoms in total. The average molecular weight is 385 g/mol. The van der Waals surface area contributed by atoms with Gasteiger partial charge in [-0.2, -0.15) is 0 Å². The predicted octanol–water partition coefficient (Wildman–Crippen LogP) is 2.95. The van der Waals surface area contributed by atoms with Gasteiger partial charge < -0.3 is 10.6 Å². The first-order valence-corrected chi connectivity index (χ1v) is 9.41. The molecule has 0 aliphatic heterocycles. The molecule has 0 saturated heterocycles. The number of nitrogens with zero attached hydrogens (tertiary/aromatic N) is 3. The Morgan fingerprint density at radius 2 is 1.62 bits per heavy atom. The normalized spacial score (nSPS) is 11.1. The number of anilines is 1. The topological polar surface area (TPSA) is 79.8 Å². The van der Waals surface area contributed by atoms with E-state index in [2.05, 4.69) is 37.4 Å². The number of carbonyl (C=O) groups is 1. The summed E-state index contributed by atoms with van der Waals surface area (Å²) in [7, 11) is 0. The van der Waals surface area contributed by atoms with Gasteiger partial charge in [0.1, 0.15) is 0 Å². The molecule has 2 aromatic heterocycles. The van der Waals surface area contributed by atoms with Gasteiger partial charge in [0.2, 0.25) is 11.9 Å². The Labute approximate surface area is 170 Å². The first-order valence-electron chi connectivity index (χ1n) is 9.41. The van der Waals surface area contributed by atoms with Gasteiger partial charge in [-0.1, -0.05) is 24.0 Å². The lowest BCUT2D eigenvalue weighted by atomic mass is 10.1. The van der Waals surface area contributed by atoms with Gasteiger partial charge in [-0.05, 0) is 48.7 Å². The van der Waals surface area contributed by atoms with Crippen LogP contribution in [-0.2, 0) is 17.8 Å². The van der Waals surface area contributed by atoms with Crippen LogP contribution in [0.1, 0.15) is 36.1 Å². The van der Waals surface area contributed by atoms with Gasteiger partial charge in [-0.25, -0.2) is 9.97 Å². The Balaban J connectivity index is 1.54. The zero-order valence-electron chi connectivity index (χ0n) is 16.5. The van der Waals surface area contributed by atoms with Crippen LogP contribution in [0.4, 0.5) is 5.95 Å². The van der Waals surface area contributed by atoms with E-state index < -0.39 is 0 Å². The van der Waals surface area contributed by atoms with Crippen LogP contribution in [0.2, 0.25) is 0 Å². The Hall–Kier alpha value is -3.72. The molecule has 0 saturated carbocycles. The minimum absolute atomic E-state index is 0.0132. The van der Waals surface area contributed by atoms with E-state index in [4.69, 9.17) is 0 Å². The SMILES string of the molecule is CC(=O)NC(C)Cc1ccc(C#Cc2cnc(NCc3ccncc3)nc2)cc1. The second-order valence-corrected chi connectivity index (χ2v) is 6.76. The summed E-state index contributed by atoms with van der Waals surface area (Å²) < 4.78 is 0. The molecule has 0 radical (unpaired) electrons. The lowest BCUT2D eigenvalue weighted by Crippen LogP contribution is -2.31. The molecule has 29 heavy (non-hydrogen) atoms. The first-order chi connectivity index (χ1) is 14.1. The number of benzene rings is 1. The second kappa shape index (κ2) is 10.00. The van der Waals surface area contributed by atoms with Crippen LogP contribution in [0, 0.1) is 11.8 Å². The van der Waals surface area contributed by atoms with Crippen molar-refractivity contribution in [2.45, 2.75) is 32.9 Å². The third-order valence-electron chi connectivity index (χ3n) is 4.15. The highest BCUT2D eigenvalue weighted by Gasteiger charge is 2.04. The minimum Gasteiger partial charge on any atom is -0.354 e. The van der Waals surface area contributed by atoms with Crippen molar-refractivity contribution >= 4 is 11.9 Å². The van der Waals surface area contributed by atoms with Gasteiger partial charge in [0.05, 0.1) is 5.56 Å². The molecule has 3 rings (SSSR count). The molecule has 2 heterocycles. The number of pyridine rings is 1. The third kappa shape index (κ3) is 6.74. The van der Waals surface area contributed by atoms with Crippen molar-refractivity contribution in [3.05, 3.63) is 83.4 Å². The molecule has 146 valence electrons. The van der Waals surface area contributed by atoms with Crippen molar-refractivity contribution in [3.63, 3.8) is 0 Å². The molecule has 1 aromatic carbocycles. The molecular weight excluding hydrogens is 362 g/mol. The zero-order valence-corrected chi connectivity index (χ0v) is 16.5. The number of hydrogen-bond acceptors (Lipinski definition) is 5. The average Bonchev–Trinajstić information content (AvgIpc) is 2.73. The monoisotopic (exact) mass is 385 g/mol. The van der Waals surface area contributed by atoms with Gasteiger partial charge >= 0.3 is 0 Å². The second-order valence-electron chi connectivity index (χ2n) is 6.76. The van der Waals surface area contributed by atoms with Crippen LogP contribution in [0.25, 0.3) is 0 Å². The number of hydrogen-bond donors (Lipinski definition) is 2. The van der Waals surface area contributed by atoms with Crippen molar-refractivity contribution in [1.82, 2.24) is 20.3 Å². The van der Waals surface area contributed by atoms with Gasteiger partial charge in [0.25, 0.3) is 0 Å². The molecule has 0 fully saturated rings. The highest BCUT2D eigenvalue weighted by Crippen LogP contribution is 2.07. The highest BCUT2D eigenvalue weighted by molar-refractivity contribution is 5.73. The van der Waals surface area contributed by atoms with Crippen LogP contribution in [0.5, 0.6) is 0 Å². The van der Waals surface area contributed by atoms with E-state index in [0.717, 1.165) is 28.7 Å². The molecule has 3 aromatic rings. The number of amides is 1. The van der Waals surface area contributed by atoms with Crippen molar-refractivity contribution in [3.8, 4) is 11.8 Å². The molecule has 1 unspecified atom stereocenters. The lowest BCUT2D eigenvalue weighted by molar-refractivity contribution is -0.119. The number of rotatable bonds is 6. The molecular formula is C23H23N5O. The zero-order chi connectivity index (χ0) is 20.5. The Morgan fingerprint density at radius 3 is 2.28 bits per heavy atom. The number of carbonyl (C=O) groups excluding carboxylic acids is 1. The standard InChI is InChI=1S/C23H23N5O/c1-17(28-18(2)29)13-20-6-3-19(4-7-20)5-8-22-15-26-23(27-16-22)25-14-21-9-11-24-12-10-21/h3-4,6-7,9-12,15-17H,13-14H2,1-2H3,(H,28,29)(H,25,26,27). The lowest BCUT2D eigenvalue weighted by Gasteiger charge is -2.12. The van der Waals surface area contributed by atoms with Gasteiger partial charge in [0, 0.05) is 49.9 Å². The fourth-order valence-electron chi connectivity index (χ4n) is 2.79. The molecule has 1 atom stereocenters. The molecule has 0 bridgehead atoms. The summed E-state index contributed by atoms with van der Waals surface area (Å²) in [6, 6.07) is 12.0. The van der Waals surface area contributed by atoms with Gasteiger partial charge in [-0.15, -0.1) is 0 Å². The molecule has 6 heteroatoms. The summed E-state index contributed by atoms with van der Waals surface area (Å²) in [5, 5.41) is 6.06. The fraction of sp³-hybridized carbons (Fsp3) is 0.217. The van der Waals surface area contributed by atoms with Crippen molar-refractivity contribution < 1.29 is 4.79 Å². The van der Waals surface area contributed by atoms with Gasteiger partial charge in [-0.3, -0.25) is 9.78 Å². The summed E-state index contributed by atoms with van der Waals surface area (Å²) in [6.45, 7) is 4.16. The predicted molar refractivity (Wildman–Crippen MR) is 113 cm³/mol. The summed E-state index contributed by atoms with van der Waals surface area (Å²) in [6.07, 6.45) is 7.71. The van der Waals surface area contributed by atoms with E-state index in [1.807, 2.05) is 43.3 Å². The van der Waals surface area contributed by atoms with E-state index in [-0.39, 0.29) is 11.9 Å². The summed E-state index contributed by atoms with van der Waals surface area (Å²) >= 11 is 0. The minimum atomic E-state index is -0.0132. The van der Waals surface area contributed by atoms with Gasteiger partial charge in [0.15, 0.2) is 0 Å². The largest absolute Gasteiger partial charge is 0.354 e. The van der Waals surface area contributed by atoms with Crippen LogP contribution in [0.3, 0.4) is 0 Å². The molecule has 0 aliphatic rings. The summed E-state index contributed by atoms with van der Waals surface area (Å²) in [5.74, 6) is 6.75. The van der Waals surface area contributed by atoms with E-state index in [0.29, 0.717) is 12.5 Å². The van der Waals surface area contributed by atoms with Crippen LogP contribution < -0.4 is 10.6 Å². The maximum absolute atomic E-state index is 11.1. The molecule has 2 N–H and O–H groups in total. The molecule has 1 amide bonds. The maximum atomic E-state index is 11.1. The van der Waals surface area contributed by atoms with E-state index in [9.17, 15) is 4.79 Å². The summed E-state index contributed by atoms with van der Waals surface area (Å²) in [4.78, 5) is 23.7. The Kier molecular flexibility index (Phi) is 6.90. The number of nitrogens with one attached hydrogen (secondary N) is 2. The number of aromatic nitrogens is 3. The van der Waals surface area contributed by atoms with E-state index in [1.165, 1.54) is 6.92 Å². The van der Waals surface area contributed by atoms with Crippen molar-refractivity contribution in [1.29, 1.82) is 0 Å². The van der Waals surface area contributed by atoms with E-state index in [1.54, 1.807) is 24.8 Å². The maximum Gasteiger partial charge on any atom is 0.222 e. The first kappa shape index (κ1) is 20.0. The molecule has 0 spiro atoms. The van der Waals surface area contributed by atoms with Crippen molar-refractivity contribution in [2.75, 3.05) is 5.32 Å². The van der Waals surface area contributed by atoms with Crippen molar-refractivity contribution in [2.24, 2.45) is 0 Å². The van der Waals surface area contributed by atoms with Crippen LogP contribution in [-0.4, -0.2) is 26.9 Å². The van der Waals surface area contributed by atoms with E-state index >= 15 is 0 Å². The summed E-state index contributed by atoms with van der Waals surface area (Å²) in [5.41, 5.74) is 3.94. The smallest absolute Gasteiger partial charge is 0.222 e. The van der Waals surface area contributed by atoms with Crippen LogP contribution in [0.15, 0.2) is 61.2 Å². The Morgan fingerprint density at radius 1 is 0.966 bits per heavy atom. The molecule has 0 aliphatic carbocycles. The fourth-order valence-corrected chi connectivity index (χ4v) is 2.79. The van der Waals surface area contributed by atoms with Crippen LogP contribution >= 0.6 is 0 Å². The highest BCUT2D eigenvalue weighted by atomic mass is 16.1. The third-order valence-corrected chi connectivity index (χ3v) is 4.15. The Bertz CT molecular complexity index is 989. The quantitative estimate of drug-likeness (QED) is 0.638.